The molecule has 31 heavy (non-hydrogen) atoms. The summed E-state index contributed by atoms with van der Waals surface area (Å²) >= 11 is 6.37. The van der Waals surface area contributed by atoms with Crippen molar-refractivity contribution < 1.29 is 19.0 Å². The van der Waals surface area contributed by atoms with Crippen LogP contribution in [0.1, 0.15) is 29.2 Å². The number of nitrogens with zero attached hydrogens (tertiary/aromatic N) is 1. The molecule has 2 aromatic rings. The number of benzene rings is 2. The summed E-state index contributed by atoms with van der Waals surface area (Å²) in [5.41, 5.74) is 3.23. The second-order valence-corrected chi connectivity index (χ2v) is 8.42. The van der Waals surface area contributed by atoms with E-state index in [0.29, 0.717) is 49.5 Å². The van der Waals surface area contributed by atoms with Gasteiger partial charge < -0.3 is 19.5 Å². The standard InChI is InChI=1S/C24H29ClN2O4/c1-17-4-2-5-19(12-17)21(27-6-10-29-11-7-27)16-26-23(28)15-18-13-20(25)24-22(14-18)30-8-3-9-31-24/h2,4-5,12-14,21H,3,6-11,15-16H2,1H3,(H,26,28). The molecule has 7 heteroatoms. The lowest BCUT2D eigenvalue weighted by Gasteiger charge is -2.35. The van der Waals surface area contributed by atoms with Crippen LogP contribution in [0.4, 0.5) is 0 Å². The van der Waals surface area contributed by atoms with E-state index in [1.54, 1.807) is 6.07 Å². The normalized spacial score (nSPS) is 17.6. The average Bonchev–Trinajstić information content (AvgIpc) is 3.01. The molecule has 0 aliphatic carbocycles. The number of aryl methyl sites for hydroxylation is 1. The van der Waals surface area contributed by atoms with Gasteiger partial charge in [-0.25, -0.2) is 0 Å². The van der Waals surface area contributed by atoms with Gasteiger partial charge in [0.15, 0.2) is 11.5 Å². The summed E-state index contributed by atoms with van der Waals surface area (Å²) in [5, 5.41) is 3.60. The first-order valence-electron chi connectivity index (χ1n) is 10.8. The molecule has 1 N–H and O–H groups in total. The van der Waals surface area contributed by atoms with E-state index < -0.39 is 0 Å². The van der Waals surface area contributed by atoms with Crippen LogP contribution in [0, 0.1) is 6.92 Å². The molecule has 1 saturated heterocycles. The predicted octanol–water partition coefficient (Wildman–Crippen LogP) is 3.54. The molecular formula is C24H29ClN2O4. The third-order valence-electron chi connectivity index (χ3n) is 5.63. The molecule has 0 spiro atoms. The number of carbonyl (C=O) groups excluding carboxylic acids is 1. The van der Waals surface area contributed by atoms with Gasteiger partial charge in [-0.2, -0.15) is 0 Å². The van der Waals surface area contributed by atoms with Crippen LogP contribution in [0.25, 0.3) is 0 Å². The van der Waals surface area contributed by atoms with Crippen molar-refractivity contribution in [3.8, 4) is 11.5 Å². The van der Waals surface area contributed by atoms with Crippen LogP contribution >= 0.6 is 11.6 Å². The molecule has 0 saturated carbocycles. The number of nitrogens with one attached hydrogen (secondary N) is 1. The van der Waals surface area contributed by atoms with E-state index in [0.717, 1.165) is 25.1 Å². The van der Waals surface area contributed by atoms with E-state index in [9.17, 15) is 4.79 Å². The maximum absolute atomic E-state index is 12.8. The third-order valence-corrected chi connectivity index (χ3v) is 5.91. The summed E-state index contributed by atoms with van der Waals surface area (Å²) in [6.45, 7) is 6.93. The number of halogens is 1. The van der Waals surface area contributed by atoms with Gasteiger partial charge in [0.25, 0.3) is 0 Å². The number of fused-ring (bicyclic) bond motifs is 1. The molecule has 1 amide bonds. The summed E-state index contributed by atoms with van der Waals surface area (Å²) < 4.78 is 16.9. The average molecular weight is 445 g/mol. The van der Waals surface area contributed by atoms with Crippen molar-refractivity contribution in [1.82, 2.24) is 10.2 Å². The second-order valence-electron chi connectivity index (χ2n) is 8.01. The Morgan fingerprint density at radius 2 is 1.94 bits per heavy atom. The van der Waals surface area contributed by atoms with Crippen LogP contribution in [-0.2, 0) is 16.0 Å². The van der Waals surface area contributed by atoms with Gasteiger partial charge in [-0.15, -0.1) is 0 Å². The minimum Gasteiger partial charge on any atom is -0.489 e. The number of carbonyl (C=O) groups is 1. The topological polar surface area (TPSA) is 60.0 Å². The van der Waals surface area contributed by atoms with Crippen LogP contribution in [-0.4, -0.2) is 56.9 Å². The third kappa shape index (κ3) is 5.70. The Balaban J connectivity index is 1.43. The van der Waals surface area contributed by atoms with Crippen molar-refractivity contribution in [3.63, 3.8) is 0 Å². The fourth-order valence-corrected chi connectivity index (χ4v) is 4.36. The largest absolute Gasteiger partial charge is 0.489 e. The molecule has 2 aliphatic rings. The van der Waals surface area contributed by atoms with Crippen molar-refractivity contribution >= 4 is 17.5 Å². The molecule has 1 unspecified atom stereocenters. The molecule has 166 valence electrons. The highest BCUT2D eigenvalue weighted by atomic mass is 35.5. The highest BCUT2D eigenvalue weighted by Crippen LogP contribution is 2.38. The summed E-state index contributed by atoms with van der Waals surface area (Å²) in [6, 6.07) is 12.2. The van der Waals surface area contributed by atoms with Crippen molar-refractivity contribution in [2.24, 2.45) is 0 Å². The zero-order chi connectivity index (χ0) is 21.6. The fourth-order valence-electron chi connectivity index (χ4n) is 4.07. The van der Waals surface area contributed by atoms with Crippen LogP contribution in [0.2, 0.25) is 5.02 Å². The van der Waals surface area contributed by atoms with Crippen molar-refractivity contribution in [1.29, 1.82) is 0 Å². The maximum Gasteiger partial charge on any atom is 0.224 e. The first-order valence-corrected chi connectivity index (χ1v) is 11.2. The second kappa shape index (κ2) is 10.4. The zero-order valence-corrected chi connectivity index (χ0v) is 18.6. The van der Waals surface area contributed by atoms with Crippen LogP contribution in [0.3, 0.4) is 0 Å². The van der Waals surface area contributed by atoms with Gasteiger partial charge in [-0.3, -0.25) is 9.69 Å². The lowest BCUT2D eigenvalue weighted by atomic mass is 10.0. The summed E-state index contributed by atoms with van der Waals surface area (Å²) in [4.78, 5) is 15.2. The fraction of sp³-hybridized carbons (Fsp3) is 0.458. The van der Waals surface area contributed by atoms with Gasteiger partial charge in [0, 0.05) is 26.1 Å². The van der Waals surface area contributed by atoms with Crippen molar-refractivity contribution in [2.45, 2.75) is 25.8 Å². The van der Waals surface area contributed by atoms with Gasteiger partial charge in [-0.1, -0.05) is 41.4 Å². The van der Waals surface area contributed by atoms with Gasteiger partial charge in [0.05, 0.1) is 43.9 Å². The molecule has 0 aromatic heterocycles. The van der Waals surface area contributed by atoms with E-state index >= 15 is 0 Å². The Labute approximate surface area is 188 Å². The first kappa shape index (κ1) is 21.9. The number of hydrogen-bond donors (Lipinski definition) is 1. The number of ether oxygens (including phenoxy) is 3. The molecule has 6 nitrogen and oxygen atoms in total. The van der Waals surface area contributed by atoms with Gasteiger partial charge in [-0.05, 0) is 30.2 Å². The monoisotopic (exact) mass is 444 g/mol. The Morgan fingerprint density at radius 1 is 1.13 bits per heavy atom. The van der Waals surface area contributed by atoms with E-state index in [1.807, 2.05) is 6.07 Å². The van der Waals surface area contributed by atoms with Gasteiger partial charge in [0.1, 0.15) is 0 Å². The Bertz CT molecular complexity index is 914. The molecule has 2 aliphatic heterocycles. The van der Waals surface area contributed by atoms with E-state index in [1.165, 1.54) is 11.1 Å². The molecule has 4 rings (SSSR count). The van der Waals surface area contributed by atoms with Crippen LogP contribution < -0.4 is 14.8 Å². The van der Waals surface area contributed by atoms with E-state index in [4.69, 9.17) is 25.8 Å². The minimum absolute atomic E-state index is 0.0449. The highest BCUT2D eigenvalue weighted by Gasteiger charge is 2.24. The highest BCUT2D eigenvalue weighted by molar-refractivity contribution is 6.32. The molecule has 2 heterocycles. The zero-order valence-electron chi connectivity index (χ0n) is 17.9. The molecule has 2 aromatic carbocycles. The quantitative estimate of drug-likeness (QED) is 0.738. The number of amides is 1. The number of morpholine rings is 1. The minimum atomic E-state index is -0.0449. The Hall–Kier alpha value is -2.28. The maximum atomic E-state index is 12.8. The smallest absolute Gasteiger partial charge is 0.224 e. The number of rotatable bonds is 6. The predicted molar refractivity (Wildman–Crippen MR) is 120 cm³/mol. The number of hydrogen-bond acceptors (Lipinski definition) is 5. The Kier molecular flexibility index (Phi) is 7.33. The Morgan fingerprint density at radius 3 is 2.74 bits per heavy atom. The summed E-state index contributed by atoms with van der Waals surface area (Å²) in [7, 11) is 0. The van der Waals surface area contributed by atoms with E-state index in [-0.39, 0.29) is 18.4 Å². The first-order chi connectivity index (χ1) is 15.1. The van der Waals surface area contributed by atoms with Crippen molar-refractivity contribution in [2.75, 3.05) is 46.1 Å². The van der Waals surface area contributed by atoms with Crippen LogP contribution in [0.15, 0.2) is 36.4 Å². The summed E-state index contributed by atoms with van der Waals surface area (Å²) in [5.74, 6) is 1.13. The molecule has 0 radical (unpaired) electrons. The SMILES string of the molecule is Cc1cccc(C(CNC(=O)Cc2cc(Cl)c3c(c2)OCCCO3)N2CCOCC2)c1. The van der Waals surface area contributed by atoms with Crippen LogP contribution in [0.5, 0.6) is 11.5 Å². The molecule has 1 fully saturated rings. The van der Waals surface area contributed by atoms with Crippen molar-refractivity contribution in [3.05, 3.63) is 58.1 Å². The lowest BCUT2D eigenvalue weighted by molar-refractivity contribution is -0.120. The van der Waals surface area contributed by atoms with Gasteiger partial charge >= 0.3 is 0 Å². The van der Waals surface area contributed by atoms with Gasteiger partial charge in [0.2, 0.25) is 5.91 Å². The van der Waals surface area contributed by atoms with E-state index in [2.05, 4.69) is 41.4 Å². The lowest BCUT2D eigenvalue weighted by Crippen LogP contribution is -2.44. The molecule has 0 bridgehead atoms. The molecule has 1 atom stereocenters. The molecular weight excluding hydrogens is 416 g/mol. The summed E-state index contributed by atoms with van der Waals surface area (Å²) in [6.07, 6.45) is 1.04.